The summed E-state index contributed by atoms with van der Waals surface area (Å²) in [6.45, 7) is 2.04. The maximum Gasteiger partial charge on any atom is 0.233 e. The van der Waals surface area contributed by atoms with Gasteiger partial charge >= 0.3 is 0 Å². The fourth-order valence-electron chi connectivity index (χ4n) is 2.38. The summed E-state index contributed by atoms with van der Waals surface area (Å²) in [4.78, 5) is 8.59. The second-order valence-electron chi connectivity index (χ2n) is 5.22. The Morgan fingerprint density at radius 1 is 0.913 bits per heavy atom. The smallest absolute Gasteiger partial charge is 0.233 e. The van der Waals surface area contributed by atoms with Crippen molar-refractivity contribution in [3.63, 3.8) is 0 Å². The van der Waals surface area contributed by atoms with E-state index in [0.29, 0.717) is 11.5 Å². The van der Waals surface area contributed by atoms with Gasteiger partial charge in [0.1, 0.15) is 17.5 Å². The van der Waals surface area contributed by atoms with E-state index in [-0.39, 0.29) is 0 Å². The van der Waals surface area contributed by atoms with Gasteiger partial charge in [0.2, 0.25) is 5.88 Å². The van der Waals surface area contributed by atoms with E-state index < -0.39 is 0 Å². The summed E-state index contributed by atoms with van der Waals surface area (Å²) in [5, 5.41) is 5.19. The van der Waals surface area contributed by atoms with Gasteiger partial charge in [0.15, 0.2) is 5.65 Å². The molecule has 0 aliphatic carbocycles. The number of rotatable bonds is 3. The molecule has 0 saturated heterocycles. The highest BCUT2D eigenvalue weighted by atomic mass is 16.5. The molecule has 5 nitrogen and oxygen atoms in total. The highest BCUT2D eigenvalue weighted by Crippen LogP contribution is 2.27. The quantitative estimate of drug-likeness (QED) is 0.575. The first-order chi connectivity index (χ1) is 11.3. The van der Waals surface area contributed by atoms with Crippen LogP contribution < -0.4 is 4.74 Å². The molecular weight excluding hydrogens is 288 g/mol. The molecule has 0 bridgehead atoms. The van der Waals surface area contributed by atoms with Crippen LogP contribution in [0.25, 0.3) is 16.7 Å². The van der Waals surface area contributed by atoms with Crippen molar-refractivity contribution in [1.82, 2.24) is 19.7 Å². The van der Waals surface area contributed by atoms with Crippen LogP contribution in [-0.4, -0.2) is 19.7 Å². The molecule has 2 aromatic heterocycles. The van der Waals surface area contributed by atoms with Gasteiger partial charge in [-0.1, -0.05) is 35.9 Å². The zero-order valence-corrected chi connectivity index (χ0v) is 12.5. The van der Waals surface area contributed by atoms with Crippen LogP contribution in [0.3, 0.4) is 0 Å². The molecule has 4 rings (SSSR count). The van der Waals surface area contributed by atoms with E-state index in [1.54, 1.807) is 10.9 Å². The lowest BCUT2D eigenvalue weighted by atomic mass is 10.2. The van der Waals surface area contributed by atoms with Gasteiger partial charge in [-0.05, 0) is 31.2 Å². The van der Waals surface area contributed by atoms with Crippen molar-refractivity contribution in [2.45, 2.75) is 6.92 Å². The summed E-state index contributed by atoms with van der Waals surface area (Å²) >= 11 is 0. The van der Waals surface area contributed by atoms with Crippen molar-refractivity contribution < 1.29 is 4.74 Å². The van der Waals surface area contributed by atoms with Crippen molar-refractivity contribution in [3.05, 3.63) is 72.7 Å². The maximum atomic E-state index is 5.89. The molecule has 23 heavy (non-hydrogen) atoms. The number of benzene rings is 2. The van der Waals surface area contributed by atoms with Gasteiger partial charge in [0.25, 0.3) is 0 Å². The Bertz CT molecular complexity index is 946. The Morgan fingerprint density at radius 3 is 2.48 bits per heavy atom. The van der Waals surface area contributed by atoms with Crippen LogP contribution in [0.2, 0.25) is 0 Å². The van der Waals surface area contributed by atoms with Crippen molar-refractivity contribution in [3.8, 4) is 17.3 Å². The molecule has 0 saturated carbocycles. The topological polar surface area (TPSA) is 52.8 Å². The summed E-state index contributed by atoms with van der Waals surface area (Å²) in [7, 11) is 0. The Kier molecular flexibility index (Phi) is 3.24. The van der Waals surface area contributed by atoms with E-state index in [9.17, 15) is 0 Å². The van der Waals surface area contributed by atoms with Gasteiger partial charge in [0.05, 0.1) is 11.9 Å². The fourth-order valence-corrected chi connectivity index (χ4v) is 2.38. The van der Waals surface area contributed by atoms with Crippen LogP contribution in [0.1, 0.15) is 5.56 Å². The van der Waals surface area contributed by atoms with Crippen molar-refractivity contribution in [1.29, 1.82) is 0 Å². The summed E-state index contributed by atoms with van der Waals surface area (Å²) in [6.07, 6.45) is 3.22. The number of hydrogen-bond acceptors (Lipinski definition) is 4. The third-order valence-electron chi connectivity index (χ3n) is 3.57. The molecule has 0 amide bonds. The summed E-state index contributed by atoms with van der Waals surface area (Å²) in [5.74, 6) is 1.24. The van der Waals surface area contributed by atoms with E-state index >= 15 is 0 Å². The second-order valence-corrected chi connectivity index (χ2v) is 5.22. The minimum Gasteiger partial charge on any atom is -0.438 e. The first-order valence-electron chi connectivity index (χ1n) is 7.30. The first-order valence-corrected chi connectivity index (χ1v) is 7.30. The average molecular weight is 302 g/mol. The number of para-hydroxylation sites is 1. The molecule has 5 heteroatoms. The SMILES string of the molecule is Cc1ccc(Oc2ncnc3c2cnn3-c2ccccc2)cc1. The van der Waals surface area contributed by atoms with Gasteiger partial charge in [0, 0.05) is 0 Å². The van der Waals surface area contributed by atoms with E-state index in [4.69, 9.17) is 4.74 Å². The Hall–Kier alpha value is -3.21. The minimum atomic E-state index is 0.501. The van der Waals surface area contributed by atoms with E-state index in [2.05, 4.69) is 15.1 Å². The zero-order valence-electron chi connectivity index (χ0n) is 12.5. The molecule has 2 heterocycles. The highest BCUT2D eigenvalue weighted by molar-refractivity contribution is 5.81. The number of ether oxygens (including phenoxy) is 1. The van der Waals surface area contributed by atoms with Crippen LogP contribution in [0.5, 0.6) is 11.6 Å². The predicted molar refractivity (Wildman–Crippen MR) is 87.9 cm³/mol. The molecule has 0 radical (unpaired) electrons. The number of fused-ring (bicyclic) bond motifs is 1. The molecule has 4 aromatic rings. The normalized spacial score (nSPS) is 10.8. The number of nitrogens with zero attached hydrogens (tertiary/aromatic N) is 4. The molecule has 0 spiro atoms. The average Bonchev–Trinajstić information content (AvgIpc) is 3.03. The van der Waals surface area contributed by atoms with E-state index in [0.717, 1.165) is 16.8 Å². The fraction of sp³-hybridized carbons (Fsp3) is 0.0556. The van der Waals surface area contributed by atoms with Crippen LogP contribution in [0.15, 0.2) is 67.1 Å². The summed E-state index contributed by atoms with van der Waals surface area (Å²) in [5.41, 5.74) is 2.85. The van der Waals surface area contributed by atoms with Crippen LogP contribution in [0, 0.1) is 6.92 Å². The predicted octanol–water partition coefficient (Wildman–Crippen LogP) is 3.92. The Labute approximate surface area is 133 Å². The molecular formula is C18H14N4O. The largest absolute Gasteiger partial charge is 0.438 e. The van der Waals surface area contributed by atoms with Gasteiger partial charge < -0.3 is 4.74 Å². The van der Waals surface area contributed by atoms with E-state index in [1.807, 2.05) is 61.5 Å². The third kappa shape index (κ3) is 2.53. The molecule has 112 valence electrons. The first kappa shape index (κ1) is 13.5. The van der Waals surface area contributed by atoms with Crippen LogP contribution >= 0.6 is 0 Å². The molecule has 0 aliphatic heterocycles. The minimum absolute atomic E-state index is 0.501. The van der Waals surface area contributed by atoms with Crippen LogP contribution in [0.4, 0.5) is 0 Å². The van der Waals surface area contributed by atoms with Gasteiger partial charge in [-0.2, -0.15) is 5.10 Å². The van der Waals surface area contributed by atoms with Crippen molar-refractivity contribution >= 4 is 11.0 Å². The molecule has 0 atom stereocenters. The van der Waals surface area contributed by atoms with Crippen molar-refractivity contribution in [2.75, 3.05) is 0 Å². The summed E-state index contributed by atoms with van der Waals surface area (Å²) in [6, 6.07) is 17.7. The van der Waals surface area contributed by atoms with Gasteiger partial charge in [-0.25, -0.2) is 14.6 Å². The van der Waals surface area contributed by atoms with Gasteiger partial charge in [-0.3, -0.25) is 0 Å². The standard InChI is InChI=1S/C18H14N4O/c1-13-7-9-15(10-8-13)23-18-16-11-21-22(17(16)19-12-20-18)14-5-3-2-4-6-14/h2-12H,1H3. The Balaban J connectivity index is 1.77. The lowest BCUT2D eigenvalue weighted by molar-refractivity contribution is 0.468. The third-order valence-corrected chi connectivity index (χ3v) is 3.57. The van der Waals surface area contributed by atoms with Crippen molar-refractivity contribution in [2.24, 2.45) is 0 Å². The Morgan fingerprint density at radius 2 is 1.70 bits per heavy atom. The lowest BCUT2D eigenvalue weighted by Crippen LogP contribution is -1.98. The maximum absolute atomic E-state index is 5.89. The van der Waals surface area contributed by atoms with Gasteiger partial charge in [-0.15, -0.1) is 0 Å². The molecule has 0 fully saturated rings. The van der Waals surface area contributed by atoms with E-state index in [1.165, 1.54) is 11.9 Å². The molecule has 0 N–H and O–H groups in total. The lowest BCUT2D eigenvalue weighted by Gasteiger charge is -2.06. The number of hydrogen-bond donors (Lipinski definition) is 0. The van der Waals surface area contributed by atoms with Crippen LogP contribution in [-0.2, 0) is 0 Å². The molecule has 0 aliphatic rings. The molecule has 0 unspecified atom stereocenters. The molecule has 2 aromatic carbocycles. The summed E-state index contributed by atoms with van der Waals surface area (Å²) < 4.78 is 7.67. The monoisotopic (exact) mass is 302 g/mol. The second kappa shape index (κ2) is 5.53. The zero-order chi connectivity index (χ0) is 15.6. The number of aromatic nitrogens is 4. The number of aryl methyl sites for hydroxylation is 1. The highest BCUT2D eigenvalue weighted by Gasteiger charge is 2.12.